The molecule has 9 nitrogen and oxygen atoms in total. The third-order valence-corrected chi connectivity index (χ3v) is 4.77. The van der Waals surface area contributed by atoms with Crippen molar-refractivity contribution < 1.29 is 21.6 Å². The fourth-order valence-electron chi connectivity index (χ4n) is 2.53. The van der Waals surface area contributed by atoms with Crippen molar-refractivity contribution in [1.29, 1.82) is 0 Å². The number of nitrogens with two attached hydrogens (primary N) is 1. The predicted octanol–water partition coefficient (Wildman–Crippen LogP) is 1.85. The van der Waals surface area contributed by atoms with Crippen LogP contribution in [0.3, 0.4) is 0 Å². The van der Waals surface area contributed by atoms with E-state index < -0.39 is 26.7 Å². The van der Waals surface area contributed by atoms with E-state index in [1.54, 1.807) is 0 Å². The normalized spacial score (nSPS) is 12.0. The van der Waals surface area contributed by atoms with Crippen LogP contribution in [0.1, 0.15) is 5.56 Å². The number of primary sulfonamides is 1. The first-order valence-corrected chi connectivity index (χ1v) is 9.76. The Hall–Kier alpha value is -3.19. The Balaban J connectivity index is 1.66. The Morgan fingerprint density at radius 2 is 1.72 bits per heavy atom. The fourth-order valence-corrected chi connectivity index (χ4v) is 3.27. The molecule has 29 heavy (non-hydrogen) atoms. The molecule has 0 saturated heterocycles. The summed E-state index contributed by atoms with van der Waals surface area (Å²) in [7, 11) is -4.50. The molecular formula is C16H16F3N7O2S. The zero-order valence-electron chi connectivity index (χ0n) is 14.8. The van der Waals surface area contributed by atoms with Gasteiger partial charge in [0.25, 0.3) is 0 Å². The first kappa shape index (κ1) is 20.5. The van der Waals surface area contributed by atoms with E-state index in [0.29, 0.717) is 12.0 Å². The highest BCUT2D eigenvalue weighted by molar-refractivity contribution is 7.89. The van der Waals surface area contributed by atoms with Crippen molar-refractivity contribution in [1.82, 2.24) is 20.2 Å². The van der Waals surface area contributed by atoms with Crippen LogP contribution in [0.5, 0.6) is 0 Å². The lowest BCUT2D eigenvalue weighted by Gasteiger charge is -2.14. The van der Waals surface area contributed by atoms with Crippen LogP contribution in [0, 0.1) is 0 Å². The number of anilines is 2. The largest absolute Gasteiger partial charge is 0.417 e. The topological polar surface area (TPSA) is 128 Å². The SMILES string of the molecule is NS(=O)(=O)c1ccc(NCCNc2nnnn2-c2ccccc2)cc1C(F)(F)F. The lowest BCUT2D eigenvalue weighted by molar-refractivity contribution is -0.139. The molecule has 3 aromatic rings. The molecule has 0 radical (unpaired) electrons. The summed E-state index contributed by atoms with van der Waals surface area (Å²) in [5.41, 5.74) is -0.499. The van der Waals surface area contributed by atoms with Crippen molar-refractivity contribution in [3.63, 3.8) is 0 Å². The summed E-state index contributed by atoms with van der Waals surface area (Å²) in [5, 5.41) is 21.9. The summed E-state index contributed by atoms with van der Waals surface area (Å²) in [6.07, 6.45) is -4.87. The number of aromatic nitrogens is 4. The number of tetrazole rings is 1. The number of para-hydroxylation sites is 1. The molecule has 0 aliphatic heterocycles. The van der Waals surface area contributed by atoms with E-state index in [4.69, 9.17) is 5.14 Å². The van der Waals surface area contributed by atoms with Gasteiger partial charge in [-0.3, -0.25) is 0 Å². The molecule has 154 valence electrons. The van der Waals surface area contributed by atoms with Crippen molar-refractivity contribution in [2.24, 2.45) is 5.14 Å². The fraction of sp³-hybridized carbons (Fsp3) is 0.188. The second-order valence-electron chi connectivity index (χ2n) is 5.86. The molecule has 1 heterocycles. The number of nitrogens with one attached hydrogen (secondary N) is 2. The average molecular weight is 427 g/mol. The summed E-state index contributed by atoms with van der Waals surface area (Å²) in [5.74, 6) is 0.360. The van der Waals surface area contributed by atoms with E-state index in [9.17, 15) is 21.6 Å². The number of nitrogens with zero attached hydrogens (tertiary/aromatic N) is 4. The standard InChI is InChI=1S/C16H16F3N7O2S/c17-16(18,19)13-10-11(6-7-14(13)29(20,27)28)21-8-9-22-15-23-24-25-26(15)12-4-2-1-3-5-12/h1-7,10,21H,8-9H2,(H2,20,27,28)(H,22,23,25). The third kappa shape index (κ3) is 5.00. The molecule has 4 N–H and O–H groups in total. The average Bonchev–Trinajstić information content (AvgIpc) is 3.13. The molecular weight excluding hydrogens is 411 g/mol. The number of halogens is 3. The molecule has 0 saturated carbocycles. The van der Waals surface area contributed by atoms with Gasteiger partial charge in [-0.15, -0.1) is 0 Å². The van der Waals surface area contributed by atoms with Gasteiger partial charge in [0.05, 0.1) is 16.1 Å². The second kappa shape index (κ2) is 8.05. The maximum Gasteiger partial charge on any atom is 0.417 e. The van der Waals surface area contributed by atoms with E-state index in [0.717, 1.165) is 11.8 Å². The van der Waals surface area contributed by atoms with E-state index in [1.807, 2.05) is 30.3 Å². The number of rotatable bonds is 7. The number of hydrogen-bond acceptors (Lipinski definition) is 7. The maximum atomic E-state index is 13.2. The van der Waals surface area contributed by atoms with Crippen LogP contribution < -0.4 is 15.8 Å². The minimum Gasteiger partial charge on any atom is -0.383 e. The van der Waals surface area contributed by atoms with Crippen LogP contribution in [0.15, 0.2) is 53.4 Å². The lowest BCUT2D eigenvalue weighted by Crippen LogP contribution is -2.20. The smallest absolute Gasteiger partial charge is 0.383 e. The molecule has 0 aliphatic rings. The number of benzene rings is 2. The van der Waals surface area contributed by atoms with Gasteiger partial charge < -0.3 is 10.6 Å². The van der Waals surface area contributed by atoms with Gasteiger partial charge in [0.2, 0.25) is 16.0 Å². The Morgan fingerprint density at radius 1 is 1.03 bits per heavy atom. The minimum atomic E-state index is -4.87. The van der Waals surface area contributed by atoms with Crippen molar-refractivity contribution in [2.45, 2.75) is 11.1 Å². The number of sulfonamides is 1. The van der Waals surface area contributed by atoms with Gasteiger partial charge >= 0.3 is 6.18 Å². The lowest BCUT2D eigenvalue weighted by atomic mass is 10.2. The maximum absolute atomic E-state index is 13.2. The van der Waals surface area contributed by atoms with E-state index >= 15 is 0 Å². The summed E-state index contributed by atoms with van der Waals surface area (Å²) >= 11 is 0. The van der Waals surface area contributed by atoms with E-state index in [2.05, 4.69) is 26.2 Å². The van der Waals surface area contributed by atoms with Gasteiger partial charge in [-0.1, -0.05) is 23.3 Å². The zero-order valence-corrected chi connectivity index (χ0v) is 15.6. The van der Waals surface area contributed by atoms with Gasteiger partial charge in [-0.05, 0) is 40.8 Å². The van der Waals surface area contributed by atoms with Gasteiger partial charge in [0, 0.05) is 18.8 Å². The predicted molar refractivity (Wildman–Crippen MR) is 99.0 cm³/mol. The summed E-state index contributed by atoms with van der Waals surface area (Å²) in [6, 6.07) is 11.9. The van der Waals surface area contributed by atoms with Crippen LogP contribution in [0.25, 0.3) is 5.69 Å². The molecule has 13 heteroatoms. The van der Waals surface area contributed by atoms with Crippen molar-refractivity contribution in [3.05, 3.63) is 54.1 Å². The summed E-state index contributed by atoms with van der Waals surface area (Å²) in [6.45, 7) is 0.499. The molecule has 0 fully saturated rings. The summed E-state index contributed by atoms with van der Waals surface area (Å²) in [4.78, 5) is -0.976. The van der Waals surface area contributed by atoms with Crippen LogP contribution >= 0.6 is 0 Å². The monoisotopic (exact) mass is 427 g/mol. The first-order valence-electron chi connectivity index (χ1n) is 8.22. The number of alkyl halides is 3. The molecule has 0 atom stereocenters. The van der Waals surface area contributed by atoms with Crippen LogP contribution in [-0.4, -0.2) is 41.7 Å². The summed E-state index contributed by atoms with van der Waals surface area (Å²) < 4.78 is 63.7. The van der Waals surface area contributed by atoms with Crippen molar-refractivity contribution in [3.8, 4) is 5.69 Å². The van der Waals surface area contributed by atoms with Gasteiger partial charge in [-0.2, -0.15) is 17.9 Å². The molecule has 3 rings (SSSR count). The second-order valence-corrected chi connectivity index (χ2v) is 7.39. The molecule has 0 spiro atoms. The first-order chi connectivity index (χ1) is 13.7. The third-order valence-electron chi connectivity index (χ3n) is 3.80. The van der Waals surface area contributed by atoms with E-state index in [-0.39, 0.29) is 18.8 Å². The van der Waals surface area contributed by atoms with Gasteiger partial charge in [0.15, 0.2) is 0 Å². The van der Waals surface area contributed by atoms with Crippen LogP contribution in [0.4, 0.5) is 24.8 Å². The Morgan fingerprint density at radius 3 is 2.38 bits per heavy atom. The zero-order chi connectivity index (χ0) is 21.1. The highest BCUT2D eigenvalue weighted by atomic mass is 32.2. The molecule has 0 aliphatic carbocycles. The van der Waals surface area contributed by atoms with E-state index in [1.165, 1.54) is 10.7 Å². The molecule has 1 aromatic heterocycles. The van der Waals surface area contributed by atoms with Crippen LogP contribution in [0.2, 0.25) is 0 Å². The van der Waals surface area contributed by atoms with Gasteiger partial charge in [-0.25, -0.2) is 13.6 Å². The quantitative estimate of drug-likeness (QED) is 0.491. The molecule has 0 bridgehead atoms. The molecule has 0 unspecified atom stereocenters. The van der Waals surface area contributed by atoms with Gasteiger partial charge in [0.1, 0.15) is 0 Å². The highest BCUT2D eigenvalue weighted by Crippen LogP contribution is 2.35. The highest BCUT2D eigenvalue weighted by Gasteiger charge is 2.36. The molecule has 2 aromatic carbocycles. The number of hydrogen-bond donors (Lipinski definition) is 3. The van der Waals surface area contributed by atoms with Crippen LogP contribution in [-0.2, 0) is 16.2 Å². The Labute approximate surface area is 163 Å². The van der Waals surface area contributed by atoms with Crippen molar-refractivity contribution >= 4 is 21.7 Å². The molecule has 0 amide bonds. The Kier molecular flexibility index (Phi) is 5.70. The Bertz CT molecular complexity index is 1090. The minimum absolute atomic E-state index is 0.0918. The van der Waals surface area contributed by atoms with Crippen molar-refractivity contribution in [2.75, 3.05) is 23.7 Å².